The number of benzene rings is 3. The smallest absolute Gasteiger partial charge is 0.194 e. The summed E-state index contributed by atoms with van der Waals surface area (Å²) in [5.74, 6) is -6.44. The van der Waals surface area contributed by atoms with Crippen molar-refractivity contribution in [2.24, 2.45) is 5.92 Å². The summed E-state index contributed by atoms with van der Waals surface area (Å²) in [4.78, 5) is 0. The van der Waals surface area contributed by atoms with E-state index in [-0.39, 0.29) is 11.7 Å². The molecule has 0 aliphatic carbocycles. The van der Waals surface area contributed by atoms with Crippen LogP contribution in [-0.4, -0.2) is 6.61 Å². The molecule has 3 aromatic rings. The molecule has 1 heterocycles. The van der Waals surface area contributed by atoms with Gasteiger partial charge < -0.3 is 9.47 Å². The van der Waals surface area contributed by atoms with E-state index in [1.165, 1.54) is 0 Å². The third-order valence-electron chi connectivity index (χ3n) is 5.99. The summed E-state index contributed by atoms with van der Waals surface area (Å²) in [6.07, 6.45) is 3.17. The zero-order valence-corrected chi connectivity index (χ0v) is 18.0. The minimum absolute atomic E-state index is 0.0206. The van der Waals surface area contributed by atoms with Gasteiger partial charge in [-0.1, -0.05) is 37.6 Å². The summed E-state index contributed by atoms with van der Waals surface area (Å²) >= 11 is 0. The van der Waals surface area contributed by atoms with Crippen molar-refractivity contribution in [2.75, 3.05) is 6.61 Å². The molecule has 0 spiro atoms. The van der Waals surface area contributed by atoms with Crippen LogP contribution in [0.1, 0.15) is 43.4 Å². The molecular weight excluding hydrogens is 439 g/mol. The van der Waals surface area contributed by atoms with Gasteiger partial charge in [0.1, 0.15) is 6.61 Å². The van der Waals surface area contributed by atoms with Crippen LogP contribution in [0.15, 0.2) is 48.5 Å². The van der Waals surface area contributed by atoms with E-state index in [0.29, 0.717) is 29.2 Å². The Hall–Kier alpha value is -2.93. The number of hydrogen-bond acceptors (Lipinski definition) is 2. The molecule has 1 saturated heterocycles. The Bertz CT molecular complexity index is 1080. The van der Waals surface area contributed by atoms with Crippen molar-refractivity contribution < 1.29 is 31.4 Å². The van der Waals surface area contributed by atoms with Crippen LogP contribution < -0.4 is 4.74 Å². The van der Waals surface area contributed by atoms with E-state index < -0.39 is 41.4 Å². The van der Waals surface area contributed by atoms with Crippen LogP contribution in [0, 0.1) is 35.0 Å². The Kier molecular flexibility index (Phi) is 6.98. The van der Waals surface area contributed by atoms with Crippen LogP contribution in [-0.2, 0) is 11.3 Å². The highest BCUT2D eigenvalue weighted by Crippen LogP contribution is 2.34. The van der Waals surface area contributed by atoms with Gasteiger partial charge in [-0.25, -0.2) is 22.0 Å². The molecule has 7 heteroatoms. The first kappa shape index (κ1) is 23.2. The van der Waals surface area contributed by atoms with Gasteiger partial charge in [-0.2, -0.15) is 0 Å². The van der Waals surface area contributed by atoms with Crippen molar-refractivity contribution in [3.05, 3.63) is 88.7 Å². The Morgan fingerprint density at radius 1 is 0.818 bits per heavy atom. The SMILES string of the molecule is CCC1CCC(c2ccc(-c3cc(F)c(OCc4cc(F)c(F)c(F)c4)c(F)c3)cc2)OC1. The van der Waals surface area contributed by atoms with Gasteiger partial charge in [0, 0.05) is 0 Å². The van der Waals surface area contributed by atoms with Crippen LogP contribution in [0.5, 0.6) is 5.75 Å². The Morgan fingerprint density at radius 3 is 2.00 bits per heavy atom. The molecule has 2 atom stereocenters. The first-order valence-corrected chi connectivity index (χ1v) is 10.8. The Balaban J connectivity index is 1.47. The van der Waals surface area contributed by atoms with Gasteiger partial charge in [0.15, 0.2) is 34.8 Å². The first-order valence-electron chi connectivity index (χ1n) is 10.8. The lowest BCUT2D eigenvalue weighted by atomic mass is 9.92. The number of ether oxygens (including phenoxy) is 2. The predicted octanol–water partition coefficient (Wildman–Crippen LogP) is 7.51. The lowest BCUT2D eigenvalue weighted by Crippen LogP contribution is -2.20. The van der Waals surface area contributed by atoms with Gasteiger partial charge in [0.05, 0.1) is 12.7 Å². The van der Waals surface area contributed by atoms with Gasteiger partial charge in [-0.15, -0.1) is 0 Å². The monoisotopic (exact) mass is 462 g/mol. The standard InChI is InChI=1S/C26H23F5O2/c1-2-15-3-8-24(32-13-15)18-6-4-17(5-7-18)19-11-22(29)26(23(30)12-19)33-14-16-9-20(27)25(31)21(28)10-16/h4-7,9-12,15,24H,2-3,8,13-14H2,1H3. The molecule has 33 heavy (non-hydrogen) atoms. The van der Waals surface area contributed by atoms with Crippen LogP contribution in [0.25, 0.3) is 11.1 Å². The molecule has 0 bridgehead atoms. The highest BCUT2D eigenvalue weighted by atomic mass is 19.2. The van der Waals surface area contributed by atoms with E-state index in [9.17, 15) is 22.0 Å². The van der Waals surface area contributed by atoms with Crippen molar-refractivity contribution in [1.82, 2.24) is 0 Å². The highest BCUT2D eigenvalue weighted by Gasteiger charge is 2.22. The van der Waals surface area contributed by atoms with Crippen LogP contribution >= 0.6 is 0 Å². The Morgan fingerprint density at radius 2 is 1.45 bits per heavy atom. The van der Waals surface area contributed by atoms with Crippen molar-refractivity contribution in [2.45, 2.75) is 38.9 Å². The first-order chi connectivity index (χ1) is 15.9. The number of halogens is 5. The molecule has 0 radical (unpaired) electrons. The number of hydrogen-bond donors (Lipinski definition) is 0. The highest BCUT2D eigenvalue weighted by molar-refractivity contribution is 5.65. The maximum atomic E-state index is 14.6. The summed E-state index contributed by atoms with van der Waals surface area (Å²) in [6, 6.07) is 11.0. The van der Waals surface area contributed by atoms with Crippen LogP contribution in [0.2, 0.25) is 0 Å². The maximum Gasteiger partial charge on any atom is 0.194 e. The summed E-state index contributed by atoms with van der Waals surface area (Å²) < 4.78 is 79.9. The third-order valence-corrected chi connectivity index (χ3v) is 5.99. The molecule has 1 aliphatic rings. The van der Waals surface area contributed by atoms with Crippen molar-refractivity contribution in [3.63, 3.8) is 0 Å². The van der Waals surface area contributed by atoms with Gasteiger partial charge >= 0.3 is 0 Å². The fourth-order valence-electron chi connectivity index (χ4n) is 3.99. The zero-order valence-electron chi connectivity index (χ0n) is 18.0. The summed E-state index contributed by atoms with van der Waals surface area (Å²) in [5, 5.41) is 0. The second kappa shape index (κ2) is 9.91. The normalized spacial score (nSPS) is 18.4. The molecule has 3 aromatic carbocycles. The Labute approximate surface area is 189 Å². The van der Waals surface area contributed by atoms with Crippen molar-refractivity contribution >= 4 is 0 Å². The molecule has 2 unspecified atom stereocenters. The van der Waals surface area contributed by atoms with Crippen molar-refractivity contribution in [3.8, 4) is 16.9 Å². The van der Waals surface area contributed by atoms with E-state index in [1.54, 1.807) is 12.1 Å². The number of rotatable bonds is 6. The van der Waals surface area contributed by atoms with Gasteiger partial charge in [-0.3, -0.25) is 0 Å². The summed E-state index contributed by atoms with van der Waals surface area (Å²) in [7, 11) is 0. The molecule has 0 aromatic heterocycles. The molecule has 0 N–H and O–H groups in total. The largest absolute Gasteiger partial charge is 0.483 e. The molecule has 0 saturated carbocycles. The molecule has 4 rings (SSSR count). The molecule has 1 fully saturated rings. The minimum Gasteiger partial charge on any atom is -0.483 e. The van der Waals surface area contributed by atoms with E-state index in [0.717, 1.165) is 43.6 Å². The fraction of sp³-hybridized carbons (Fsp3) is 0.308. The fourth-order valence-corrected chi connectivity index (χ4v) is 3.99. The van der Waals surface area contributed by atoms with Crippen molar-refractivity contribution in [1.29, 1.82) is 0 Å². The average molecular weight is 462 g/mol. The molecular formula is C26H23F5O2. The quantitative estimate of drug-likeness (QED) is 0.279. The van der Waals surface area contributed by atoms with E-state index in [2.05, 4.69) is 6.92 Å². The minimum atomic E-state index is -1.62. The van der Waals surface area contributed by atoms with E-state index in [4.69, 9.17) is 9.47 Å². The molecule has 174 valence electrons. The summed E-state index contributed by atoms with van der Waals surface area (Å²) in [6.45, 7) is 2.36. The molecule has 0 amide bonds. The zero-order chi connectivity index (χ0) is 23.5. The summed E-state index contributed by atoms with van der Waals surface area (Å²) in [5.41, 5.74) is 1.86. The second-order valence-corrected chi connectivity index (χ2v) is 8.23. The van der Waals surface area contributed by atoms with Gasteiger partial charge in [0.2, 0.25) is 0 Å². The molecule has 2 nitrogen and oxygen atoms in total. The van der Waals surface area contributed by atoms with Crippen LogP contribution in [0.3, 0.4) is 0 Å². The van der Waals surface area contributed by atoms with E-state index in [1.807, 2.05) is 12.1 Å². The third kappa shape index (κ3) is 5.19. The van der Waals surface area contributed by atoms with Crippen LogP contribution in [0.4, 0.5) is 22.0 Å². The van der Waals surface area contributed by atoms with E-state index >= 15 is 0 Å². The lowest BCUT2D eigenvalue weighted by molar-refractivity contribution is -0.0180. The predicted molar refractivity (Wildman–Crippen MR) is 114 cm³/mol. The average Bonchev–Trinajstić information content (AvgIpc) is 2.82. The topological polar surface area (TPSA) is 18.5 Å². The van der Waals surface area contributed by atoms with Gasteiger partial charge in [0.25, 0.3) is 0 Å². The lowest BCUT2D eigenvalue weighted by Gasteiger charge is -2.28. The second-order valence-electron chi connectivity index (χ2n) is 8.23. The van der Waals surface area contributed by atoms with Gasteiger partial charge in [-0.05, 0) is 65.3 Å². The maximum absolute atomic E-state index is 14.6. The molecule has 1 aliphatic heterocycles.